The summed E-state index contributed by atoms with van der Waals surface area (Å²) in [4.78, 5) is 0. The molecule has 1 aliphatic rings. The van der Waals surface area contributed by atoms with Crippen molar-refractivity contribution in [2.45, 2.75) is 19.8 Å². The monoisotopic (exact) mass is 306 g/mol. The Kier molecular flexibility index (Phi) is 3.09. The minimum absolute atomic E-state index is 0.304. The fourth-order valence-electron chi connectivity index (χ4n) is 2.41. The third-order valence-electron chi connectivity index (χ3n) is 3.53. The van der Waals surface area contributed by atoms with Crippen LogP contribution in [-0.4, -0.2) is 5.33 Å². The molecule has 0 nitrogen and oxygen atoms in total. The van der Waals surface area contributed by atoms with Crippen LogP contribution in [0.5, 0.6) is 0 Å². The smallest absolute Gasteiger partial charge is 0.0456 e. The third kappa shape index (κ3) is 1.83. The minimum atomic E-state index is 0.304. The van der Waals surface area contributed by atoms with Crippen LogP contribution in [-0.2, 0) is 0 Å². The molecule has 0 aromatic heterocycles. The van der Waals surface area contributed by atoms with Crippen LogP contribution in [0.3, 0.4) is 0 Å². The standard InChI is InChI=1S/C12H13BrCl2/c1-12(2)7(6-13)11(12)10-8(14)4-3-5-9(10)15/h3-5,7,11H,6H2,1-2H3. The predicted molar refractivity (Wildman–Crippen MR) is 70.3 cm³/mol. The Hall–Kier alpha value is 0.280. The van der Waals surface area contributed by atoms with E-state index in [0.29, 0.717) is 17.3 Å². The summed E-state index contributed by atoms with van der Waals surface area (Å²) in [6, 6.07) is 5.73. The summed E-state index contributed by atoms with van der Waals surface area (Å²) in [5.41, 5.74) is 1.42. The van der Waals surface area contributed by atoms with E-state index in [-0.39, 0.29) is 0 Å². The molecule has 1 aliphatic carbocycles. The second kappa shape index (κ2) is 3.94. The van der Waals surface area contributed by atoms with E-state index in [2.05, 4.69) is 29.8 Å². The highest BCUT2D eigenvalue weighted by atomic mass is 79.9. The molecule has 0 amide bonds. The van der Waals surface area contributed by atoms with Gasteiger partial charge >= 0.3 is 0 Å². The summed E-state index contributed by atoms with van der Waals surface area (Å²) in [6.07, 6.45) is 0. The van der Waals surface area contributed by atoms with Crippen molar-refractivity contribution in [3.63, 3.8) is 0 Å². The van der Waals surface area contributed by atoms with Gasteiger partial charge in [0.1, 0.15) is 0 Å². The number of hydrogen-bond acceptors (Lipinski definition) is 0. The summed E-state index contributed by atoms with van der Waals surface area (Å²) in [5, 5.41) is 2.60. The first-order valence-corrected chi connectivity index (χ1v) is 6.87. The van der Waals surface area contributed by atoms with E-state index >= 15 is 0 Å². The Bertz CT molecular complexity index is 367. The molecule has 82 valence electrons. The second-order valence-corrected chi connectivity index (χ2v) is 6.16. The molecule has 1 aromatic rings. The van der Waals surface area contributed by atoms with Crippen molar-refractivity contribution < 1.29 is 0 Å². The molecular weight excluding hydrogens is 295 g/mol. The summed E-state index contributed by atoms with van der Waals surface area (Å²) < 4.78 is 0. The largest absolute Gasteiger partial charge is 0.0925 e. The molecule has 2 rings (SSSR count). The Labute approximate surface area is 109 Å². The fraction of sp³-hybridized carbons (Fsp3) is 0.500. The molecule has 0 aliphatic heterocycles. The number of hydrogen-bond donors (Lipinski definition) is 0. The van der Waals surface area contributed by atoms with Gasteiger partial charge in [0.05, 0.1) is 0 Å². The van der Waals surface area contributed by atoms with Crippen LogP contribution in [0.4, 0.5) is 0 Å². The van der Waals surface area contributed by atoms with Crippen molar-refractivity contribution in [1.29, 1.82) is 0 Å². The molecule has 1 saturated carbocycles. The first-order valence-electron chi connectivity index (χ1n) is 5.00. The highest BCUT2D eigenvalue weighted by molar-refractivity contribution is 9.09. The van der Waals surface area contributed by atoms with E-state index in [1.54, 1.807) is 0 Å². The number of rotatable bonds is 2. The van der Waals surface area contributed by atoms with E-state index in [4.69, 9.17) is 23.2 Å². The van der Waals surface area contributed by atoms with Gasteiger partial charge in [0.2, 0.25) is 0 Å². The molecule has 2 unspecified atom stereocenters. The molecule has 0 radical (unpaired) electrons. The Morgan fingerprint density at radius 2 is 1.80 bits per heavy atom. The van der Waals surface area contributed by atoms with E-state index < -0.39 is 0 Å². The van der Waals surface area contributed by atoms with Crippen LogP contribution in [0.2, 0.25) is 10.0 Å². The van der Waals surface area contributed by atoms with Crippen molar-refractivity contribution in [1.82, 2.24) is 0 Å². The summed E-state index contributed by atoms with van der Waals surface area (Å²) in [5.74, 6) is 1.12. The summed E-state index contributed by atoms with van der Waals surface area (Å²) in [6.45, 7) is 4.53. The third-order valence-corrected chi connectivity index (χ3v) is 4.88. The van der Waals surface area contributed by atoms with Gasteiger partial charge in [-0.25, -0.2) is 0 Å². The van der Waals surface area contributed by atoms with Crippen LogP contribution in [0.1, 0.15) is 25.3 Å². The maximum Gasteiger partial charge on any atom is 0.0456 e. The maximum atomic E-state index is 6.21. The molecule has 0 heterocycles. The topological polar surface area (TPSA) is 0 Å². The second-order valence-electron chi connectivity index (χ2n) is 4.70. The quantitative estimate of drug-likeness (QED) is 0.665. The Morgan fingerprint density at radius 1 is 1.27 bits per heavy atom. The van der Waals surface area contributed by atoms with Gasteiger partial charge in [0.25, 0.3) is 0 Å². The first-order chi connectivity index (χ1) is 7.00. The minimum Gasteiger partial charge on any atom is -0.0925 e. The molecule has 15 heavy (non-hydrogen) atoms. The van der Waals surface area contributed by atoms with Gasteiger partial charge in [0, 0.05) is 15.4 Å². The van der Waals surface area contributed by atoms with Crippen LogP contribution in [0, 0.1) is 11.3 Å². The highest BCUT2D eigenvalue weighted by Crippen LogP contribution is 2.66. The lowest BCUT2D eigenvalue weighted by Crippen LogP contribution is -1.92. The van der Waals surface area contributed by atoms with Gasteiger partial charge in [-0.1, -0.05) is 59.0 Å². The highest BCUT2D eigenvalue weighted by Gasteiger charge is 2.58. The van der Waals surface area contributed by atoms with Crippen molar-refractivity contribution >= 4 is 39.1 Å². The first kappa shape index (κ1) is 11.8. The number of alkyl halides is 1. The van der Waals surface area contributed by atoms with E-state index in [1.807, 2.05) is 18.2 Å². The zero-order chi connectivity index (χ0) is 11.2. The summed E-state index contributed by atoms with van der Waals surface area (Å²) >= 11 is 16.0. The summed E-state index contributed by atoms with van der Waals surface area (Å²) in [7, 11) is 0. The van der Waals surface area contributed by atoms with E-state index in [1.165, 1.54) is 0 Å². The molecular formula is C12H13BrCl2. The lowest BCUT2D eigenvalue weighted by Gasteiger charge is -2.07. The lowest BCUT2D eigenvalue weighted by atomic mass is 10.0. The van der Waals surface area contributed by atoms with Gasteiger partial charge in [-0.15, -0.1) is 0 Å². The van der Waals surface area contributed by atoms with Gasteiger partial charge in [-0.05, 0) is 34.9 Å². The fourth-order valence-corrected chi connectivity index (χ4v) is 4.25. The van der Waals surface area contributed by atoms with Gasteiger partial charge < -0.3 is 0 Å². The Balaban J connectivity index is 2.41. The van der Waals surface area contributed by atoms with Gasteiger partial charge in [-0.3, -0.25) is 0 Å². The predicted octanol–water partition coefficient (Wildman–Crippen LogP) is 5.13. The van der Waals surface area contributed by atoms with Gasteiger partial charge in [0.15, 0.2) is 0 Å². The van der Waals surface area contributed by atoms with Crippen molar-refractivity contribution in [2.75, 3.05) is 5.33 Å². The molecule has 0 saturated heterocycles. The molecule has 2 atom stereocenters. The van der Waals surface area contributed by atoms with E-state index in [9.17, 15) is 0 Å². The molecule has 3 heteroatoms. The van der Waals surface area contributed by atoms with Crippen LogP contribution < -0.4 is 0 Å². The molecule has 1 fully saturated rings. The molecule has 0 spiro atoms. The molecule has 1 aromatic carbocycles. The van der Waals surface area contributed by atoms with Gasteiger partial charge in [-0.2, -0.15) is 0 Å². The normalized spacial score (nSPS) is 27.8. The zero-order valence-corrected chi connectivity index (χ0v) is 11.8. The number of benzene rings is 1. The van der Waals surface area contributed by atoms with E-state index in [0.717, 1.165) is 20.9 Å². The van der Waals surface area contributed by atoms with Crippen molar-refractivity contribution in [3.8, 4) is 0 Å². The van der Waals surface area contributed by atoms with Crippen LogP contribution in [0.25, 0.3) is 0 Å². The number of halogens is 3. The zero-order valence-electron chi connectivity index (χ0n) is 8.73. The van der Waals surface area contributed by atoms with Crippen molar-refractivity contribution in [2.24, 2.45) is 11.3 Å². The van der Waals surface area contributed by atoms with Crippen LogP contribution in [0.15, 0.2) is 18.2 Å². The average molecular weight is 308 g/mol. The lowest BCUT2D eigenvalue weighted by molar-refractivity contribution is 0.579. The van der Waals surface area contributed by atoms with Crippen LogP contribution >= 0.6 is 39.1 Å². The molecule has 0 N–H and O–H groups in total. The molecule has 0 bridgehead atoms. The maximum absolute atomic E-state index is 6.21. The average Bonchev–Trinajstić information content (AvgIpc) is 2.68. The SMILES string of the molecule is CC1(C)C(CBr)C1c1c(Cl)cccc1Cl. The van der Waals surface area contributed by atoms with Crippen molar-refractivity contribution in [3.05, 3.63) is 33.8 Å². The Morgan fingerprint density at radius 3 is 2.20 bits per heavy atom.